The fourth-order valence-electron chi connectivity index (χ4n) is 2.85. The van der Waals surface area contributed by atoms with Crippen molar-refractivity contribution in [3.8, 4) is 0 Å². The molecule has 0 aliphatic carbocycles. The largest absolute Gasteiger partial charge is 0.369 e. The van der Waals surface area contributed by atoms with Gasteiger partial charge in [0.25, 0.3) is 0 Å². The topological polar surface area (TPSA) is 15.3 Å². The van der Waals surface area contributed by atoms with E-state index in [0.717, 1.165) is 5.92 Å². The van der Waals surface area contributed by atoms with E-state index >= 15 is 0 Å². The van der Waals surface area contributed by atoms with Gasteiger partial charge in [0.05, 0.1) is 0 Å². The van der Waals surface area contributed by atoms with E-state index in [9.17, 15) is 0 Å². The Hall–Kier alpha value is -0.540. The van der Waals surface area contributed by atoms with Crippen LogP contribution in [0.25, 0.3) is 0 Å². The Bertz CT molecular complexity index is 433. The number of rotatable bonds is 3. The van der Waals surface area contributed by atoms with Gasteiger partial charge in [-0.2, -0.15) is 0 Å². The van der Waals surface area contributed by atoms with Gasteiger partial charge in [-0.05, 0) is 57.4 Å². The summed E-state index contributed by atoms with van der Waals surface area (Å²) in [4.78, 5) is 2.55. The Balaban J connectivity index is 2.23. The lowest BCUT2D eigenvalue weighted by molar-refractivity contribution is 0.390. The summed E-state index contributed by atoms with van der Waals surface area (Å²) in [5, 5.41) is 3.29. The molecule has 1 aliphatic heterocycles. The Morgan fingerprint density at radius 3 is 2.68 bits per heavy atom. The number of hydrogen-bond donors (Lipinski definition) is 1. The fraction of sp³-hybridized carbons (Fsp3) is 0.625. The Kier molecular flexibility index (Phi) is 4.91. The standard InChI is InChI=1S/C16H25BrN2/c1-11-5-6-12(2)19(10-11)14-7-8-15(13(3)18-4)16(17)9-14/h7-9,11-13,18H,5-6,10H2,1-4H3. The van der Waals surface area contributed by atoms with Crippen LogP contribution < -0.4 is 10.2 Å². The predicted molar refractivity (Wildman–Crippen MR) is 86.8 cm³/mol. The van der Waals surface area contributed by atoms with E-state index < -0.39 is 0 Å². The summed E-state index contributed by atoms with van der Waals surface area (Å²) < 4.78 is 1.21. The number of benzene rings is 1. The van der Waals surface area contributed by atoms with Crippen molar-refractivity contribution in [1.29, 1.82) is 0 Å². The first-order valence-corrected chi connectivity index (χ1v) is 8.05. The lowest BCUT2D eigenvalue weighted by Crippen LogP contribution is -2.41. The second-order valence-electron chi connectivity index (χ2n) is 5.90. The third-order valence-electron chi connectivity index (χ3n) is 4.33. The van der Waals surface area contributed by atoms with Gasteiger partial charge in [-0.1, -0.05) is 28.9 Å². The van der Waals surface area contributed by atoms with E-state index in [-0.39, 0.29) is 0 Å². The summed E-state index contributed by atoms with van der Waals surface area (Å²) in [5.74, 6) is 0.797. The van der Waals surface area contributed by atoms with Crippen LogP contribution in [0, 0.1) is 5.92 Å². The summed E-state index contributed by atoms with van der Waals surface area (Å²) >= 11 is 3.72. The van der Waals surface area contributed by atoms with Crippen molar-refractivity contribution >= 4 is 21.6 Å². The van der Waals surface area contributed by atoms with Crippen molar-refractivity contribution in [1.82, 2.24) is 5.32 Å². The molecule has 1 aliphatic rings. The van der Waals surface area contributed by atoms with Crippen LogP contribution >= 0.6 is 15.9 Å². The number of halogens is 1. The SMILES string of the molecule is CNC(C)c1ccc(N2CC(C)CCC2C)cc1Br. The van der Waals surface area contributed by atoms with Crippen molar-refractivity contribution in [2.24, 2.45) is 5.92 Å². The number of piperidine rings is 1. The predicted octanol–water partition coefficient (Wildman–Crippen LogP) is 4.35. The summed E-state index contributed by atoms with van der Waals surface area (Å²) in [6.45, 7) is 8.05. The average molecular weight is 325 g/mol. The molecule has 106 valence electrons. The van der Waals surface area contributed by atoms with Gasteiger partial charge < -0.3 is 10.2 Å². The monoisotopic (exact) mass is 324 g/mol. The number of anilines is 1. The fourth-order valence-corrected chi connectivity index (χ4v) is 3.56. The van der Waals surface area contributed by atoms with Gasteiger partial charge in [-0.25, -0.2) is 0 Å². The number of nitrogens with one attached hydrogen (secondary N) is 1. The van der Waals surface area contributed by atoms with Gasteiger partial charge in [0, 0.05) is 28.8 Å². The molecule has 0 saturated carbocycles. The molecule has 1 N–H and O–H groups in total. The van der Waals surface area contributed by atoms with Gasteiger partial charge in [0.15, 0.2) is 0 Å². The van der Waals surface area contributed by atoms with Crippen LogP contribution in [0.3, 0.4) is 0 Å². The summed E-state index contributed by atoms with van der Waals surface area (Å²) in [5.41, 5.74) is 2.67. The molecular formula is C16H25BrN2. The molecule has 3 atom stereocenters. The van der Waals surface area contributed by atoms with E-state index in [1.807, 2.05) is 7.05 Å². The smallest absolute Gasteiger partial charge is 0.0380 e. The molecule has 2 nitrogen and oxygen atoms in total. The normalized spacial score (nSPS) is 25.4. The zero-order valence-corrected chi connectivity index (χ0v) is 14.0. The van der Waals surface area contributed by atoms with Crippen molar-refractivity contribution in [2.45, 2.75) is 45.7 Å². The van der Waals surface area contributed by atoms with Crippen molar-refractivity contribution in [3.05, 3.63) is 28.2 Å². The van der Waals surface area contributed by atoms with E-state index in [1.165, 1.54) is 35.1 Å². The van der Waals surface area contributed by atoms with E-state index in [2.05, 4.69) is 65.1 Å². The van der Waals surface area contributed by atoms with E-state index in [0.29, 0.717) is 12.1 Å². The highest BCUT2D eigenvalue weighted by Crippen LogP contribution is 2.32. The molecular weight excluding hydrogens is 300 g/mol. The highest BCUT2D eigenvalue weighted by Gasteiger charge is 2.23. The Labute approximate surface area is 125 Å². The Morgan fingerprint density at radius 2 is 2.05 bits per heavy atom. The van der Waals surface area contributed by atoms with Crippen LogP contribution in [-0.2, 0) is 0 Å². The second kappa shape index (κ2) is 6.27. The third-order valence-corrected chi connectivity index (χ3v) is 5.02. The van der Waals surface area contributed by atoms with Gasteiger partial charge >= 0.3 is 0 Å². The zero-order chi connectivity index (χ0) is 14.0. The van der Waals surface area contributed by atoms with Gasteiger partial charge in [-0.15, -0.1) is 0 Å². The molecule has 0 bridgehead atoms. The molecule has 3 unspecified atom stereocenters. The Morgan fingerprint density at radius 1 is 1.32 bits per heavy atom. The second-order valence-corrected chi connectivity index (χ2v) is 6.75. The first kappa shape index (κ1) is 14.9. The molecule has 1 aromatic rings. The quantitative estimate of drug-likeness (QED) is 0.888. The summed E-state index contributed by atoms with van der Waals surface area (Å²) in [7, 11) is 2.00. The van der Waals surface area contributed by atoms with Crippen molar-refractivity contribution < 1.29 is 0 Å². The molecule has 1 fully saturated rings. The van der Waals surface area contributed by atoms with E-state index in [1.54, 1.807) is 0 Å². The molecule has 1 heterocycles. The average Bonchev–Trinajstić information content (AvgIpc) is 2.40. The first-order valence-electron chi connectivity index (χ1n) is 7.26. The van der Waals surface area contributed by atoms with Crippen LogP contribution in [-0.4, -0.2) is 19.6 Å². The molecule has 19 heavy (non-hydrogen) atoms. The molecule has 0 spiro atoms. The third kappa shape index (κ3) is 3.32. The highest BCUT2D eigenvalue weighted by atomic mass is 79.9. The van der Waals surface area contributed by atoms with E-state index in [4.69, 9.17) is 0 Å². The van der Waals surface area contributed by atoms with Gasteiger partial charge in [0.1, 0.15) is 0 Å². The maximum absolute atomic E-state index is 3.72. The minimum Gasteiger partial charge on any atom is -0.369 e. The van der Waals surface area contributed by atoms with Crippen LogP contribution in [0.1, 0.15) is 45.2 Å². The summed E-state index contributed by atoms with van der Waals surface area (Å²) in [6, 6.07) is 7.81. The molecule has 0 amide bonds. The van der Waals surface area contributed by atoms with Crippen LogP contribution in [0.15, 0.2) is 22.7 Å². The van der Waals surface area contributed by atoms with Gasteiger partial charge in [0.2, 0.25) is 0 Å². The van der Waals surface area contributed by atoms with Crippen LogP contribution in [0.5, 0.6) is 0 Å². The summed E-state index contributed by atoms with van der Waals surface area (Å²) in [6.07, 6.45) is 2.65. The molecule has 1 aromatic carbocycles. The van der Waals surface area contributed by atoms with Crippen molar-refractivity contribution in [3.63, 3.8) is 0 Å². The number of nitrogens with zero attached hydrogens (tertiary/aromatic N) is 1. The minimum atomic E-state index is 0.376. The maximum atomic E-state index is 3.72. The molecule has 0 aromatic heterocycles. The first-order chi connectivity index (χ1) is 9.02. The minimum absolute atomic E-state index is 0.376. The van der Waals surface area contributed by atoms with Crippen molar-refractivity contribution in [2.75, 3.05) is 18.5 Å². The van der Waals surface area contributed by atoms with Crippen LogP contribution in [0.4, 0.5) is 5.69 Å². The lowest BCUT2D eigenvalue weighted by Gasteiger charge is -2.39. The van der Waals surface area contributed by atoms with Crippen LogP contribution in [0.2, 0.25) is 0 Å². The maximum Gasteiger partial charge on any atom is 0.0380 e. The molecule has 3 heteroatoms. The zero-order valence-electron chi connectivity index (χ0n) is 12.4. The highest BCUT2D eigenvalue weighted by molar-refractivity contribution is 9.10. The molecule has 1 saturated heterocycles. The number of hydrogen-bond acceptors (Lipinski definition) is 2. The molecule has 2 rings (SSSR count). The molecule has 0 radical (unpaired) electrons. The lowest BCUT2D eigenvalue weighted by atomic mass is 9.94. The van der Waals surface area contributed by atoms with Gasteiger partial charge in [-0.3, -0.25) is 0 Å².